The van der Waals surface area contributed by atoms with Gasteiger partial charge in [0.2, 0.25) is 5.88 Å². The third kappa shape index (κ3) is 5.48. The first kappa shape index (κ1) is 24.0. The fourth-order valence-electron chi connectivity index (χ4n) is 4.17. The molecule has 0 bridgehead atoms. The van der Waals surface area contributed by atoms with Gasteiger partial charge in [-0.2, -0.15) is 13.2 Å². The molecule has 2 aromatic rings. The number of carboxylic acids is 1. The summed E-state index contributed by atoms with van der Waals surface area (Å²) in [6.07, 6.45) is -1.65. The molecule has 1 spiro atoms. The van der Waals surface area contributed by atoms with Crippen LogP contribution in [-0.4, -0.2) is 64.4 Å². The molecule has 34 heavy (non-hydrogen) atoms. The van der Waals surface area contributed by atoms with Crippen molar-refractivity contribution in [3.05, 3.63) is 59.3 Å². The zero-order valence-electron chi connectivity index (χ0n) is 18.1. The van der Waals surface area contributed by atoms with E-state index in [0.717, 1.165) is 24.0 Å². The lowest BCUT2D eigenvalue weighted by molar-refractivity contribution is -0.192. The Balaban J connectivity index is 0.000000344. The number of ether oxygens (including phenoxy) is 3. The number of aromatic nitrogens is 1. The van der Waals surface area contributed by atoms with Crippen LogP contribution in [0.25, 0.3) is 0 Å². The fourth-order valence-corrected chi connectivity index (χ4v) is 4.17. The van der Waals surface area contributed by atoms with Crippen LogP contribution in [0.2, 0.25) is 0 Å². The third-order valence-corrected chi connectivity index (χ3v) is 5.83. The normalized spacial score (nSPS) is 20.6. The Kier molecular flexibility index (Phi) is 6.76. The molecular formula is C23H23F3N2O6. The zero-order chi connectivity index (χ0) is 24.3. The number of carboxylic acid groups (broad SMARTS) is 1. The lowest BCUT2D eigenvalue weighted by Gasteiger charge is -2.52. The zero-order valence-corrected chi connectivity index (χ0v) is 18.1. The summed E-state index contributed by atoms with van der Waals surface area (Å²) < 4.78 is 49.2. The number of hydrogen-bond donors (Lipinski definition) is 1. The number of fused-ring (bicyclic) bond motifs is 1. The number of pyridine rings is 1. The molecule has 8 nitrogen and oxygen atoms in total. The van der Waals surface area contributed by atoms with Crippen LogP contribution in [0.15, 0.2) is 42.6 Å². The van der Waals surface area contributed by atoms with Crippen molar-refractivity contribution in [2.45, 2.75) is 43.9 Å². The molecule has 182 valence electrons. The lowest BCUT2D eigenvalue weighted by atomic mass is 9.84. The molecule has 1 aromatic heterocycles. The lowest BCUT2D eigenvalue weighted by Crippen LogP contribution is -2.67. The predicted molar refractivity (Wildman–Crippen MR) is 111 cm³/mol. The van der Waals surface area contributed by atoms with E-state index in [1.807, 2.05) is 41.3 Å². The standard InChI is InChI=1S/C21H22N2O4.C2HF3O2/c24-20(15-4-5-16-11-25-12-17(16)9-15)23-13-21(14-23)10-18(6-8-26-21)27-19-3-1-2-7-22-19;3-2(4,5)1(6)7/h1-5,7,9,18H,6,8,10-14H2;(H,6,7). The Labute approximate surface area is 193 Å². The van der Waals surface area contributed by atoms with Crippen molar-refractivity contribution in [3.8, 4) is 5.88 Å². The Morgan fingerprint density at radius 2 is 1.88 bits per heavy atom. The van der Waals surface area contributed by atoms with Crippen LogP contribution < -0.4 is 4.74 Å². The van der Waals surface area contributed by atoms with E-state index in [1.54, 1.807) is 6.20 Å². The predicted octanol–water partition coefficient (Wildman–Crippen LogP) is 3.20. The number of hydrogen-bond acceptors (Lipinski definition) is 6. The van der Waals surface area contributed by atoms with Gasteiger partial charge in [0.05, 0.1) is 32.9 Å². The maximum absolute atomic E-state index is 12.8. The van der Waals surface area contributed by atoms with E-state index in [-0.39, 0.29) is 17.6 Å². The second-order valence-corrected chi connectivity index (χ2v) is 8.37. The van der Waals surface area contributed by atoms with E-state index in [9.17, 15) is 18.0 Å². The molecule has 3 aliphatic rings. The number of benzene rings is 1. The SMILES string of the molecule is O=C(O)C(F)(F)F.O=C(c1ccc2c(c1)COC2)N1CC2(CC(Oc3ccccn3)CCO2)C1. The van der Waals surface area contributed by atoms with Crippen molar-refractivity contribution in [1.29, 1.82) is 0 Å². The average Bonchev–Trinajstić information content (AvgIpc) is 3.25. The van der Waals surface area contributed by atoms with E-state index in [4.69, 9.17) is 24.1 Å². The fraction of sp³-hybridized carbons (Fsp3) is 0.435. The summed E-state index contributed by atoms with van der Waals surface area (Å²) >= 11 is 0. The molecule has 0 aliphatic carbocycles. The minimum atomic E-state index is -5.08. The summed E-state index contributed by atoms with van der Waals surface area (Å²) in [4.78, 5) is 27.8. The van der Waals surface area contributed by atoms with Gasteiger partial charge in [0.25, 0.3) is 5.91 Å². The number of nitrogens with zero attached hydrogens (tertiary/aromatic N) is 2. The van der Waals surface area contributed by atoms with Crippen LogP contribution >= 0.6 is 0 Å². The molecule has 11 heteroatoms. The Morgan fingerprint density at radius 3 is 2.56 bits per heavy atom. The van der Waals surface area contributed by atoms with E-state index in [0.29, 0.717) is 38.8 Å². The molecular weight excluding hydrogens is 457 g/mol. The van der Waals surface area contributed by atoms with Crippen LogP contribution in [0.4, 0.5) is 13.2 Å². The van der Waals surface area contributed by atoms with Crippen LogP contribution in [0.5, 0.6) is 5.88 Å². The van der Waals surface area contributed by atoms with Gasteiger partial charge < -0.3 is 24.2 Å². The molecule has 1 N–H and O–H groups in total. The van der Waals surface area contributed by atoms with Crippen LogP contribution in [0.3, 0.4) is 0 Å². The van der Waals surface area contributed by atoms with E-state index in [1.165, 1.54) is 5.56 Å². The summed E-state index contributed by atoms with van der Waals surface area (Å²) in [5.41, 5.74) is 2.74. The maximum Gasteiger partial charge on any atom is 0.490 e. The van der Waals surface area contributed by atoms with Crippen molar-refractivity contribution in [1.82, 2.24) is 9.88 Å². The summed E-state index contributed by atoms with van der Waals surface area (Å²) in [6, 6.07) is 11.5. The first-order valence-corrected chi connectivity index (χ1v) is 10.7. The molecule has 1 atom stereocenters. The summed E-state index contributed by atoms with van der Waals surface area (Å²) in [7, 11) is 0. The second kappa shape index (κ2) is 9.59. The molecule has 2 saturated heterocycles. The van der Waals surface area contributed by atoms with E-state index < -0.39 is 12.1 Å². The topological polar surface area (TPSA) is 98.2 Å². The molecule has 5 rings (SSSR count). The minimum absolute atomic E-state index is 0.0618. The molecule has 1 aromatic carbocycles. The molecule has 2 fully saturated rings. The summed E-state index contributed by atoms with van der Waals surface area (Å²) in [6.45, 7) is 3.11. The van der Waals surface area contributed by atoms with Gasteiger partial charge in [0.1, 0.15) is 11.7 Å². The number of amides is 1. The van der Waals surface area contributed by atoms with Crippen molar-refractivity contribution in [3.63, 3.8) is 0 Å². The summed E-state index contributed by atoms with van der Waals surface area (Å²) in [5, 5.41) is 7.12. The molecule has 3 aliphatic heterocycles. The van der Waals surface area contributed by atoms with Crippen LogP contribution in [-0.2, 0) is 27.5 Å². The Morgan fingerprint density at radius 1 is 1.15 bits per heavy atom. The molecule has 1 amide bonds. The number of likely N-dealkylation sites (tertiary alicyclic amines) is 1. The summed E-state index contributed by atoms with van der Waals surface area (Å²) in [5.74, 6) is -2.05. The van der Waals surface area contributed by atoms with Gasteiger partial charge in [-0.3, -0.25) is 4.79 Å². The minimum Gasteiger partial charge on any atom is -0.475 e. The molecule has 4 heterocycles. The van der Waals surface area contributed by atoms with Crippen LogP contribution in [0.1, 0.15) is 34.3 Å². The highest BCUT2D eigenvalue weighted by molar-refractivity contribution is 5.95. The van der Waals surface area contributed by atoms with Crippen molar-refractivity contribution < 1.29 is 42.1 Å². The molecule has 1 unspecified atom stereocenters. The van der Waals surface area contributed by atoms with Gasteiger partial charge in [-0.15, -0.1) is 0 Å². The van der Waals surface area contributed by atoms with Gasteiger partial charge >= 0.3 is 12.1 Å². The highest BCUT2D eigenvalue weighted by Gasteiger charge is 2.50. The number of aliphatic carboxylic acids is 1. The largest absolute Gasteiger partial charge is 0.490 e. The average molecular weight is 480 g/mol. The van der Waals surface area contributed by atoms with Crippen LogP contribution in [0, 0.1) is 0 Å². The maximum atomic E-state index is 12.8. The van der Waals surface area contributed by atoms with Gasteiger partial charge in [0.15, 0.2) is 0 Å². The van der Waals surface area contributed by atoms with Crippen molar-refractivity contribution in [2.24, 2.45) is 0 Å². The van der Waals surface area contributed by atoms with Crippen molar-refractivity contribution in [2.75, 3.05) is 19.7 Å². The molecule has 0 radical (unpaired) electrons. The highest BCUT2D eigenvalue weighted by atomic mass is 19.4. The third-order valence-electron chi connectivity index (χ3n) is 5.83. The number of halogens is 3. The first-order valence-electron chi connectivity index (χ1n) is 10.7. The van der Waals surface area contributed by atoms with Gasteiger partial charge in [-0.05, 0) is 29.3 Å². The van der Waals surface area contributed by atoms with Gasteiger partial charge in [0, 0.05) is 30.7 Å². The Hall–Kier alpha value is -3.18. The van der Waals surface area contributed by atoms with Gasteiger partial charge in [-0.25, -0.2) is 9.78 Å². The molecule has 0 saturated carbocycles. The smallest absolute Gasteiger partial charge is 0.475 e. The first-order chi connectivity index (χ1) is 16.2. The Bertz CT molecular complexity index is 1040. The van der Waals surface area contributed by atoms with E-state index in [2.05, 4.69) is 4.98 Å². The second-order valence-electron chi connectivity index (χ2n) is 8.37. The quantitative estimate of drug-likeness (QED) is 0.721. The number of carbonyl (C=O) groups is 2. The monoisotopic (exact) mass is 480 g/mol. The number of rotatable bonds is 3. The van der Waals surface area contributed by atoms with Crippen molar-refractivity contribution >= 4 is 11.9 Å². The highest BCUT2D eigenvalue weighted by Crippen LogP contribution is 2.36. The van der Waals surface area contributed by atoms with E-state index >= 15 is 0 Å². The van der Waals surface area contributed by atoms with Gasteiger partial charge in [-0.1, -0.05) is 12.1 Å². The number of carbonyl (C=O) groups excluding carboxylic acids is 1. The number of alkyl halides is 3.